The fourth-order valence-corrected chi connectivity index (χ4v) is 7.56. The van der Waals surface area contributed by atoms with Crippen molar-refractivity contribution in [3.63, 3.8) is 0 Å². The van der Waals surface area contributed by atoms with E-state index in [1.165, 1.54) is 44.0 Å². The van der Waals surface area contributed by atoms with Gasteiger partial charge in [-0.2, -0.15) is 0 Å². The van der Waals surface area contributed by atoms with Crippen molar-refractivity contribution in [2.24, 2.45) is 40.4 Å². The maximum absolute atomic E-state index is 11.9. The van der Waals surface area contributed by atoms with Crippen LogP contribution in [0.25, 0.3) is 0 Å². The maximum atomic E-state index is 11.9. The number of carbonyl (C=O) groups is 2. The van der Waals surface area contributed by atoms with Gasteiger partial charge in [-0.3, -0.25) is 4.79 Å². The second kappa shape index (κ2) is 5.54. The highest BCUT2D eigenvalue weighted by Crippen LogP contribution is 2.67. The second-order valence-corrected chi connectivity index (χ2v) is 9.69. The third kappa shape index (κ3) is 2.14. The lowest BCUT2D eigenvalue weighted by Crippen LogP contribution is -2.51. The summed E-state index contributed by atoms with van der Waals surface area (Å²) >= 11 is 0. The average molecular weight is 328 g/mol. The van der Waals surface area contributed by atoms with E-state index in [1.54, 1.807) is 0 Å². The molecule has 0 aromatic carbocycles. The lowest BCUT2D eigenvalue weighted by atomic mass is 9.46. The Hall–Kier alpha value is -0.920. The molecule has 4 aliphatic carbocycles. The molecule has 4 aliphatic rings. The van der Waals surface area contributed by atoms with Gasteiger partial charge in [0.15, 0.2) is 5.78 Å². The van der Waals surface area contributed by atoms with E-state index < -0.39 is 0 Å². The zero-order chi connectivity index (χ0) is 17.1. The van der Waals surface area contributed by atoms with Crippen LogP contribution in [0.4, 0.5) is 0 Å². The Morgan fingerprint density at radius 2 is 1.88 bits per heavy atom. The lowest BCUT2D eigenvalue weighted by Gasteiger charge is -2.58. The summed E-state index contributed by atoms with van der Waals surface area (Å²) < 4.78 is 0. The van der Waals surface area contributed by atoms with Crippen LogP contribution in [-0.4, -0.2) is 12.1 Å². The first-order valence-electron chi connectivity index (χ1n) is 10.1. The van der Waals surface area contributed by atoms with E-state index in [4.69, 9.17) is 0 Å². The fourth-order valence-electron chi connectivity index (χ4n) is 7.56. The first-order chi connectivity index (χ1) is 11.4. The fraction of sp³-hybridized carbons (Fsp3) is 0.818. The first-order valence-corrected chi connectivity index (χ1v) is 10.1. The van der Waals surface area contributed by atoms with Crippen molar-refractivity contribution in [2.75, 3.05) is 0 Å². The normalized spacial score (nSPS) is 48.8. The highest BCUT2D eigenvalue weighted by atomic mass is 16.1. The molecular formula is C22H32O2. The number of carbonyl (C=O) groups excluding carboxylic acids is 2. The summed E-state index contributed by atoms with van der Waals surface area (Å²) in [7, 11) is 0. The Labute approximate surface area is 146 Å². The monoisotopic (exact) mass is 328 g/mol. The number of fused-ring (bicyclic) bond motifs is 5. The number of hydrogen-bond donors (Lipinski definition) is 0. The number of aldehydes is 1. The molecule has 3 fully saturated rings. The molecule has 0 saturated heterocycles. The molecule has 0 spiro atoms. The minimum absolute atomic E-state index is 0.207. The van der Waals surface area contributed by atoms with Crippen LogP contribution in [0.2, 0.25) is 0 Å². The van der Waals surface area contributed by atoms with E-state index in [2.05, 4.69) is 20.8 Å². The molecule has 4 rings (SSSR count). The molecule has 0 amide bonds. The number of rotatable bonds is 2. The molecule has 0 radical (unpaired) electrons. The zero-order valence-corrected chi connectivity index (χ0v) is 15.5. The summed E-state index contributed by atoms with van der Waals surface area (Å²) in [5.41, 5.74) is 2.09. The molecule has 2 heteroatoms. The van der Waals surface area contributed by atoms with Gasteiger partial charge in [-0.05, 0) is 85.5 Å². The van der Waals surface area contributed by atoms with Gasteiger partial charge in [0.05, 0.1) is 0 Å². The van der Waals surface area contributed by atoms with Crippen molar-refractivity contribution in [3.8, 4) is 0 Å². The number of hydrogen-bond acceptors (Lipinski definition) is 2. The second-order valence-electron chi connectivity index (χ2n) is 9.69. The molecule has 0 unspecified atom stereocenters. The van der Waals surface area contributed by atoms with Gasteiger partial charge >= 0.3 is 0 Å². The summed E-state index contributed by atoms with van der Waals surface area (Å²) in [6.45, 7) is 7.07. The van der Waals surface area contributed by atoms with Crippen molar-refractivity contribution in [3.05, 3.63) is 11.6 Å². The average Bonchev–Trinajstić information content (AvgIpc) is 2.92. The maximum Gasteiger partial charge on any atom is 0.155 e. The predicted molar refractivity (Wildman–Crippen MR) is 95.4 cm³/mol. The molecule has 2 nitrogen and oxygen atoms in total. The first kappa shape index (κ1) is 16.5. The van der Waals surface area contributed by atoms with Crippen LogP contribution in [0.3, 0.4) is 0 Å². The van der Waals surface area contributed by atoms with Gasteiger partial charge in [0.1, 0.15) is 6.29 Å². The van der Waals surface area contributed by atoms with Crippen LogP contribution < -0.4 is 0 Å². The van der Waals surface area contributed by atoms with E-state index >= 15 is 0 Å². The third-order valence-corrected chi connectivity index (χ3v) is 8.88. The molecule has 7 atom stereocenters. The predicted octanol–water partition coefficient (Wildman–Crippen LogP) is 4.97. The van der Waals surface area contributed by atoms with Gasteiger partial charge in [-0.25, -0.2) is 0 Å². The molecule has 0 heterocycles. The minimum atomic E-state index is 0.207. The van der Waals surface area contributed by atoms with Gasteiger partial charge < -0.3 is 4.79 Å². The van der Waals surface area contributed by atoms with E-state index in [0.29, 0.717) is 17.1 Å². The lowest BCUT2D eigenvalue weighted by molar-refractivity contribution is -0.118. The Balaban J connectivity index is 1.65. The Morgan fingerprint density at radius 3 is 2.62 bits per heavy atom. The summed E-state index contributed by atoms with van der Waals surface area (Å²) in [5, 5.41) is 0. The van der Waals surface area contributed by atoms with Crippen LogP contribution in [0.1, 0.15) is 72.1 Å². The molecule has 0 aliphatic heterocycles. The molecule has 0 aromatic heterocycles. The van der Waals surface area contributed by atoms with Crippen molar-refractivity contribution in [1.82, 2.24) is 0 Å². The summed E-state index contributed by atoms with van der Waals surface area (Å²) in [6, 6.07) is 0. The van der Waals surface area contributed by atoms with E-state index in [1.807, 2.05) is 6.08 Å². The Kier molecular flexibility index (Phi) is 3.82. The standard InChI is InChI=1S/C22H32O2/c1-14(13-23)18-6-7-19-17-5-4-15-12-16(24)8-10-21(15,2)20(17)9-11-22(18,19)3/h12-14,17-20H,4-11H2,1-3H3/t14-,17+,18-,19+,20+,21-,22+/m0/s1. The van der Waals surface area contributed by atoms with E-state index in [9.17, 15) is 9.59 Å². The molecule has 24 heavy (non-hydrogen) atoms. The Bertz CT molecular complexity index is 591. The SMILES string of the molecule is C[C@@H](C=O)[C@@H]1CC[C@@H]2[C@H]3CCC4=CC(=O)CC[C@]4(C)[C@@H]3CC[C@@]21C. The number of ketones is 1. The molecule has 3 saturated carbocycles. The van der Waals surface area contributed by atoms with Crippen molar-refractivity contribution < 1.29 is 9.59 Å². The van der Waals surface area contributed by atoms with Crippen LogP contribution in [0, 0.1) is 40.4 Å². The summed E-state index contributed by atoms with van der Waals surface area (Å²) in [4.78, 5) is 23.3. The highest BCUT2D eigenvalue weighted by molar-refractivity contribution is 5.91. The molecule has 132 valence electrons. The molecule has 0 N–H and O–H groups in total. The van der Waals surface area contributed by atoms with Gasteiger partial charge in [-0.15, -0.1) is 0 Å². The van der Waals surface area contributed by atoms with Gasteiger partial charge in [-0.1, -0.05) is 26.3 Å². The topological polar surface area (TPSA) is 34.1 Å². The zero-order valence-electron chi connectivity index (χ0n) is 15.5. The highest BCUT2D eigenvalue weighted by Gasteiger charge is 2.59. The van der Waals surface area contributed by atoms with Gasteiger partial charge in [0, 0.05) is 12.3 Å². The van der Waals surface area contributed by atoms with Crippen LogP contribution in [0.15, 0.2) is 11.6 Å². The summed E-state index contributed by atoms with van der Waals surface area (Å²) in [5.74, 6) is 3.50. The van der Waals surface area contributed by atoms with Gasteiger partial charge in [0.2, 0.25) is 0 Å². The smallest absolute Gasteiger partial charge is 0.155 e. The van der Waals surface area contributed by atoms with Crippen molar-refractivity contribution in [1.29, 1.82) is 0 Å². The van der Waals surface area contributed by atoms with Crippen molar-refractivity contribution in [2.45, 2.75) is 72.1 Å². The van der Waals surface area contributed by atoms with Gasteiger partial charge in [0.25, 0.3) is 0 Å². The van der Waals surface area contributed by atoms with E-state index in [-0.39, 0.29) is 11.3 Å². The van der Waals surface area contributed by atoms with E-state index in [0.717, 1.165) is 37.0 Å². The largest absolute Gasteiger partial charge is 0.303 e. The third-order valence-electron chi connectivity index (χ3n) is 8.88. The minimum Gasteiger partial charge on any atom is -0.303 e. The molecular weight excluding hydrogens is 296 g/mol. The van der Waals surface area contributed by atoms with Crippen molar-refractivity contribution >= 4 is 12.1 Å². The van der Waals surface area contributed by atoms with Crippen LogP contribution >= 0.6 is 0 Å². The summed E-state index contributed by atoms with van der Waals surface area (Å²) in [6.07, 6.45) is 12.5. The number of allylic oxidation sites excluding steroid dienone is 1. The quantitative estimate of drug-likeness (QED) is 0.671. The van der Waals surface area contributed by atoms with Crippen LogP contribution in [-0.2, 0) is 9.59 Å². The van der Waals surface area contributed by atoms with Crippen LogP contribution in [0.5, 0.6) is 0 Å². The molecule has 0 aromatic rings. The Morgan fingerprint density at radius 1 is 1.08 bits per heavy atom. The molecule has 0 bridgehead atoms.